The van der Waals surface area contributed by atoms with Crippen LogP contribution in [-0.4, -0.2) is 16.6 Å². The molecule has 1 aliphatic carbocycles. The molecule has 0 bridgehead atoms. The van der Waals surface area contributed by atoms with Crippen LogP contribution in [0.3, 0.4) is 0 Å². The maximum absolute atomic E-state index is 14.2. The number of Topliss-reactive ketones (excluding diaryl/α,β-unsaturated/α-hetero) is 1. The molecule has 7 heteroatoms. The van der Waals surface area contributed by atoms with Crippen molar-refractivity contribution in [3.8, 4) is 0 Å². The zero-order valence-electron chi connectivity index (χ0n) is 21.0. The first-order valence-electron chi connectivity index (χ1n) is 12.8. The first-order valence-corrected chi connectivity index (χ1v) is 12.8. The van der Waals surface area contributed by atoms with Crippen molar-refractivity contribution in [1.29, 1.82) is 0 Å². The second-order valence-corrected chi connectivity index (χ2v) is 9.77. The van der Waals surface area contributed by atoms with E-state index in [1.807, 2.05) is 60.7 Å². The van der Waals surface area contributed by atoms with E-state index >= 15 is 0 Å². The lowest BCUT2D eigenvalue weighted by molar-refractivity contribution is -0.384. The maximum Gasteiger partial charge on any atom is 0.269 e. The van der Waals surface area contributed by atoms with Gasteiger partial charge >= 0.3 is 0 Å². The van der Waals surface area contributed by atoms with Crippen molar-refractivity contribution < 1.29 is 14.5 Å². The number of nitro groups is 1. The summed E-state index contributed by atoms with van der Waals surface area (Å²) in [5, 5.41) is 14.9. The van der Waals surface area contributed by atoms with Crippen LogP contribution in [0.2, 0.25) is 0 Å². The summed E-state index contributed by atoms with van der Waals surface area (Å²) in [5.74, 6) is -0.328. The first-order chi connectivity index (χ1) is 19.0. The highest BCUT2D eigenvalue weighted by Crippen LogP contribution is 2.48. The van der Waals surface area contributed by atoms with E-state index in [-0.39, 0.29) is 23.3 Å². The number of hydrogen-bond acceptors (Lipinski definition) is 5. The highest BCUT2D eigenvalue weighted by molar-refractivity contribution is 6.12. The van der Waals surface area contributed by atoms with Crippen LogP contribution in [0.4, 0.5) is 17.1 Å². The predicted molar refractivity (Wildman–Crippen MR) is 150 cm³/mol. The van der Waals surface area contributed by atoms with Crippen LogP contribution in [0.15, 0.2) is 120 Å². The molecule has 0 radical (unpaired) electrons. The largest absolute Gasteiger partial charge is 0.357 e. The number of carbonyl (C=O) groups excluding carboxylic acids is 2. The minimum Gasteiger partial charge on any atom is -0.357 e. The molecule has 2 aliphatic rings. The second-order valence-electron chi connectivity index (χ2n) is 9.77. The predicted octanol–water partition coefficient (Wildman–Crippen LogP) is 6.81. The van der Waals surface area contributed by atoms with Gasteiger partial charge in [-0.15, -0.1) is 0 Å². The summed E-state index contributed by atoms with van der Waals surface area (Å²) < 4.78 is 0. The molecule has 0 saturated heterocycles. The van der Waals surface area contributed by atoms with E-state index in [1.165, 1.54) is 12.1 Å². The molecule has 7 nitrogen and oxygen atoms in total. The molecule has 0 fully saturated rings. The number of nitrogens with one attached hydrogen (secondary N) is 1. The zero-order chi connectivity index (χ0) is 26.9. The Morgan fingerprint density at radius 1 is 0.795 bits per heavy atom. The number of allylic oxidation sites excluding steroid dienone is 1. The average Bonchev–Trinajstić information content (AvgIpc) is 3.12. The van der Waals surface area contributed by atoms with Crippen molar-refractivity contribution in [2.75, 3.05) is 10.2 Å². The van der Waals surface area contributed by atoms with E-state index in [0.717, 1.165) is 16.9 Å². The fourth-order valence-electron chi connectivity index (χ4n) is 5.59. The van der Waals surface area contributed by atoms with Gasteiger partial charge in [-0.25, -0.2) is 0 Å². The zero-order valence-corrected chi connectivity index (χ0v) is 21.0. The maximum atomic E-state index is 14.2. The van der Waals surface area contributed by atoms with Gasteiger partial charge in [0.15, 0.2) is 5.78 Å². The van der Waals surface area contributed by atoms with Crippen LogP contribution in [0.1, 0.15) is 46.3 Å². The monoisotopic (exact) mass is 515 g/mol. The van der Waals surface area contributed by atoms with Crippen molar-refractivity contribution in [1.82, 2.24) is 0 Å². The Morgan fingerprint density at radius 2 is 1.44 bits per heavy atom. The van der Waals surface area contributed by atoms with Crippen LogP contribution < -0.4 is 10.2 Å². The first kappa shape index (κ1) is 24.3. The van der Waals surface area contributed by atoms with Crippen LogP contribution in [0, 0.1) is 10.1 Å². The number of nitrogens with zero attached hydrogens (tertiary/aromatic N) is 2. The summed E-state index contributed by atoms with van der Waals surface area (Å²) in [7, 11) is 0. The van der Waals surface area contributed by atoms with Crippen molar-refractivity contribution in [3.63, 3.8) is 0 Å². The van der Waals surface area contributed by atoms with Gasteiger partial charge in [0.1, 0.15) is 0 Å². The molecule has 0 aromatic heterocycles. The number of hydrogen-bond donors (Lipinski definition) is 1. The van der Waals surface area contributed by atoms with E-state index < -0.39 is 11.0 Å². The standard InChI is InChI=1S/C32H25N3O4/c36-29-20-24(21-9-3-1-4-10-21)19-27-30(29)31(22-15-17-25(18-16-22)35(38)39)34(28-14-8-7-13-26(28)33-27)32(37)23-11-5-2-6-12-23/h1-18,24,31,33H,19-20H2/t24-,31+/m0/s1. The van der Waals surface area contributed by atoms with Crippen LogP contribution in [0.5, 0.6) is 0 Å². The summed E-state index contributed by atoms with van der Waals surface area (Å²) in [6.45, 7) is 0. The Balaban J connectivity index is 1.57. The Bertz CT molecular complexity index is 1600. The van der Waals surface area contributed by atoms with Crippen LogP contribution in [0.25, 0.3) is 0 Å². The summed E-state index contributed by atoms with van der Waals surface area (Å²) in [5.41, 5.74) is 4.77. The quantitative estimate of drug-likeness (QED) is 0.238. The molecule has 2 atom stereocenters. The highest BCUT2D eigenvalue weighted by atomic mass is 16.6. The molecule has 1 amide bonds. The number of rotatable bonds is 4. The van der Waals surface area contributed by atoms with E-state index in [1.54, 1.807) is 41.3 Å². The summed E-state index contributed by atoms with van der Waals surface area (Å²) in [4.78, 5) is 40.8. The Hall–Kier alpha value is -5.04. The van der Waals surface area contributed by atoms with E-state index in [2.05, 4.69) is 5.32 Å². The normalized spacial score (nSPS) is 18.5. The third-order valence-corrected chi connectivity index (χ3v) is 7.42. The van der Waals surface area contributed by atoms with Gasteiger partial charge in [-0.3, -0.25) is 24.6 Å². The van der Waals surface area contributed by atoms with Gasteiger partial charge in [0, 0.05) is 35.4 Å². The lowest BCUT2D eigenvalue weighted by Crippen LogP contribution is -2.38. The van der Waals surface area contributed by atoms with Crippen molar-refractivity contribution in [2.24, 2.45) is 0 Å². The molecule has 1 aliphatic heterocycles. The number of benzene rings is 4. The molecule has 0 spiro atoms. The van der Waals surface area contributed by atoms with Crippen molar-refractivity contribution in [2.45, 2.75) is 24.8 Å². The van der Waals surface area contributed by atoms with Gasteiger partial charge in [0.25, 0.3) is 11.6 Å². The van der Waals surface area contributed by atoms with Gasteiger partial charge < -0.3 is 5.32 Å². The summed E-state index contributed by atoms with van der Waals surface area (Å²) in [6, 6.07) is 31.8. The van der Waals surface area contributed by atoms with E-state index in [0.29, 0.717) is 35.2 Å². The Morgan fingerprint density at radius 3 is 2.13 bits per heavy atom. The van der Waals surface area contributed by atoms with Crippen molar-refractivity contribution >= 4 is 28.8 Å². The Labute approximate surface area is 225 Å². The Kier molecular flexibility index (Phi) is 6.25. The van der Waals surface area contributed by atoms with Gasteiger partial charge in [-0.2, -0.15) is 0 Å². The number of carbonyl (C=O) groups is 2. The molecule has 39 heavy (non-hydrogen) atoms. The third-order valence-electron chi connectivity index (χ3n) is 7.42. The molecule has 4 aromatic carbocycles. The SMILES string of the molecule is O=C1C[C@@H](c2ccccc2)CC2=C1[C@@H](c1ccc([N+](=O)[O-])cc1)N(C(=O)c1ccccc1)c1ccccc1N2. The fraction of sp³-hybridized carbons (Fsp3) is 0.125. The number of fused-ring (bicyclic) bond motifs is 1. The third kappa shape index (κ3) is 4.48. The lowest BCUT2D eigenvalue weighted by atomic mass is 9.78. The summed E-state index contributed by atoms with van der Waals surface area (Å²) in [6.07, 6.45) is 0.897. The van der Waals surface area contributed by atoms with E-state index in [9.17, 15) is 19.7 Å². The molecule has 4 aromatic rings. The molecule has 0 saturated carbocycles. The van der Waals surface area contributed by atoms with Crippen molar-refractivity contribution in [3.05, 3.63) is 147 Å². The summed E-state index contributed by atoms with van der Waals surface area (Å²) >= 11 is 0. The van der Waals surface area contributed by atoms with Gasteiger partial charge in [-0.1, -0.05) is 60.7 Å². The number of non-ortho nitro benzene ring substituents is 1. The molecular formula is C32H25N3O4. The second kappa shape index (κ2) is 10.0. The molecule has 0 unspecified atom stereocenters. The average molecular weight is 516 g/mol. The van der Waals surface area contributed by atoms with Crippen LogP contribution in [-0.2, 0) is 4.79 Å². The number of ketones is 1. The topological polar surface area (TPSA) is 92.5 Å². The minimum absolute atomic E-state index is 0.00834. The molecule has 6 rings (SSSR count). The van der Waals surface area contributed by atoms with E-state index in [4.69, 9.17) is 0 Å². The minimum atomic E-state index is -0.770. The van der Waals surface area contributed by atoms with Gasteiger partial charge in [0.2, 0.25) is 0 Å². The lowest BCUT2D eigenvalue weighted by Gasteiger charge is -2.35. The molecular weight excluding hydrogens is 490 g/mol. The number of amides is 1. The van der Waals surface area contributed by atoms with Crippen LogP contribution >= 0.6 is 0 Å². The molecule has 192 valence electrons. The smallest absolute Gasteiger partial charge is 0.269 e. The highest BCUT2D eigenvalue weighted by Gasteiger charge is 2.42. The number of nitro benzene ring substituents is 1. The number of para-hydroxylation sites is 2. The van der Waals surface area contributed by atoms with Gasteiger partial charge in [-0.05, 0) is 59.9 Å². The fourth-order valence-corrected chi connectivity index (χ4v) is 5.59. The number of anilines is 2. The van der Waals surface area contributed by atoms with Gasteiger partial charge in [0.05, 0.1) is 22.3 Å². The molecule has 1 N–H and O–H groups in total. The molecule has 1 heterocycles.